The van der Waals surface area contributed by atoms with E-state index in [9.17, 15) is 18.3 Å². The lowest BCUT2D eigenvalue weighted by Gasteiger charge is -2.19. The van der Waals surface area contributed by atoms with Crippen LogP contribution in [0, 0.1) is 0 Å². The molecular formula is C18H19NO6S. The first-order chi connectivity index (χ1) is 12.3. The van der Waals surface area contributed by atoms with Crippen LogP contribution in [-0.2, 0) is 10.0 Å². The summed E-state index contributed by atoms with van der Waals surface area (Å²) in [5.41, 5.74) is 0.571. The van der Waals surface area contributed by atoms with Crippen molar-refractivity contribution >= 4 is 27.8 Å². The molecule has 0 atom stereocenters. The van der Waals surface area contributed by atoms with Crippen LogP contribution in [0.4, 0.5) is 5.69 Å². The van der Waals surface area contributed by atoms with E-state index in [2.05, 4.69) is 0 Å². The molecule has 2 aromatic carbocycles. The van der Waals surface area contributed by atoms with Crippen molar-refractivity contribution in [3.8, 4) is 11.5 Å². The molecule has 138 valence electrons. The first-order valence-corrected chi connectivity index (χ1v) is 9.02. The Morgan fingerprint density at radius 3 is 2.35 bits per heavy atom. The maximum Gasteiger partial charge on any atom is 0.337 e. The van der Waals surface area contributed by atoms with Crippen LogP contribution in [-0.4, -0.2) is 40.8 Å². The van der Waals surface area contributed by atoms with Gasteiger partial charge in [0.05, 0.1) is 30.9 Å². The van der Waals surface area contributed by atoms with Gasteiger partial charge in [0.1, 0.15) is 0 Å². The number of carboxylic acids is 1. The second-order valence-electron chi connectivity index (χ2n) is 5.25. The molecule has 0 fully saturated rings. The third-order valence-electron chi connectivity index (χ3n) is 3.70. The van der Waals surface area contributed by atoms with Crippen LogP contribution in [0.2, 0.25) is 0 Å². The average Bonchev–Trinajstić information content (AvgIpc) is 2.65. The lowest BCUT2D eigenvalue weighted by atomic mass is 10.2. The van der Waals surface area contributed by atoms with Gasteiger partial charge >= 0.3 is 5.97 Å². The Hall–Kier alpha value is -3.00. The zero-order valence-corrected chi connectivity index (χ0v) is 15.4. The molecule has 0 spiro atoms. The molecule has 0 radical (unpaired) electrons. The van der Waals surface area contributed by atoms with Gasteiger partial charge < -0.3 is 14.6 Å². The molecule has 0 aliphatic carbocycles. The number of carbonyl (C=O) groups is 1. The molecule has 2 rings (SSSR count). The zero-order chi connectivity index (χ0) is 19.3. The molecule has 26 heavy (non-hydrogen) atoms. The average molecular weight is 377 g/mol. The molecule has 0 heterocycles. The minimum atomic E-state index is -3.89. The number of hydrogen-bond donors (Lipinski definition) is 1. The fourth-order valence-corrected chi connectivity index (χ4v) is 3.22. The highest BCUT2D eigenvalue weighted by molar-refractivity contribution is 7.95. The van der Waals surface area contributed by atoms with Crippen molar-refractivity contribution in [3.63, 3.8) is 0 Å². The van der Waals surface area contributed by atoms with E-state index in [0.29, 0.717) is 17.1 Å². The van der Waals surface area contributed by atoms with E-state index in [1.807, 2.05) is 0 Å². The van der Waals surface area contributed by atoms with Gasteiger partial charge in [-0.25, -0.2) is 13.2 Å². The van der Waals surface area contributed by atoms with Crippen LogP contribution in [0.25, 0.3) is 6.08 Å². The number of anilines is 1. The molecule has 2 aromatic rings. The van der Waals surface area contributed by atoms with Crippen molar-refractivity contribution in [1.29, 1.82) is 0 Å². The molecule has 0 unspecified atom stereocenters. The van der Waals surface area contributed by atoms with E-state index >= 15 is 0 Å². The number of benzene rings is 2. The number of rotatable bonds is 7. The Kier molecular flexibility index (Phi) is 5.89. The second kappa shape index (κ2) is 7.92. The number of sulfonamides is 1. The Morgan fingerprint density at radius 2 is 1.73 bits per heavy atom. The van der Waals surface area contributed by atoms with Crippen molar-refractivity contribution in [2.75, 3.05) is 25.6 Å². The van der Waals surface area contributed by atoms with Crippen molar-refractivity contribution < 1.29 is 27.8 Å². The standard InChI is InChI=1S/C18H19NO6S/c1-19(15-7-5-4-6-14(15)18(20)21)26(22,23)11-10-13-8-9-16(24-2)17(12-13)25-3/h4-12H,1-3H3,(H,20,21)/b11-10+. The molecule has 7 nitrogen and oxygen atoms in total. The molecule has 0 amide bonds. The van der Waals surface area contributed by atoms with E-state index in [4.69, 9.17) is 9.47 Å². The predicted molar refractivity (Wildman–Crippen MR) is 99.3 cm³/mol. The van der Waals surface area contributed by atoms with Gasteiger partial charge in [0.15, 0.2) is 11.5 Å². The fourth-order valence-electron chi connectivity index (χ4n) is 2.28. The summed E-state index contributed by atoms with van der Waals surface area (Å²) in [6.45, 7) is 0. The Morgan fingerprint density at radius 1 is 1.08 bits per heavy atom. The summed E-state index contributed by atoms with van der Waals surface area (Å²) in [5, 5.41) is 10.2. The number of hydrogen-bond acceptors (Lipinski definition) is 5. The molecule has 0 aromatic heterocycles. The molecule has 0 saturated heterocycles. The molecule has 0 saturated carbocycles. The maximum atomic E-state index is 12.5. The summed E-state index contributed by atoms with van der Waals surface area (Å²) in [5.74, 6) is -0.205. The zero-order valence-electron chi connectivity index (χ0n) is 14.5. The van der Waals surface area contributed by atoms with Crippen molar-refractivity contribution in [2.24, 2.45) is 0 Å². The van der Waals surface area contributed by atoms with Gasteiger partial charge in [-0.05, 0) is 35.9 Å². The number of methoxy groups -OCH3 is 2. The lowest BCUT2D eigenvalue weighted by molar-refractivity contribution is 0.0698. The first kappa shape index (κ1) is 19.3. The highest BCUT2D eigenvalue weighted by atomic mass is 32.2. The molecule has 0 aliphatic heterocycles. The third kappa shape index (κ3) is 4.15. The largest absolute Gasteiger partial charge is 0.493 e. The number of aromatic carboxylic acids is 1. The second-order valence-corrected chi connectivity index (χ2v) is 7.10. The summed E-state index contributed by atoms with van der Waals surface area (Å²) < 4.78 is 36.3. The molecule has 1 N–H and O–H groups in total. The summed E-state index contributed by atoms with van der Waals surface area (Å²) in [4.78, 5) is 11.3. The van der Waals surface area contributed by atoms with Gasteiger partial charge in [-0.3, -0.25) is 4.31 Å². The number of para-hydroxylation sites is 1. The van der Waals surface area contributed by atoms with E-state index in [0.717, 1.165) is 9.71 Å². The number of ether oxygens (including phenoxy) is 2. The van der Waals surface area contributed by atoms with Crippen molar-refractivity contribution in [3.05, 3.63) is 59.0 Å². The predicted octanol–water partition coefficient (Wildman–Crippen LogP) is 2.84. The topological polar surface area (TPSA) is 93.1 Å². The van der Waals surface area contributed by atoms with Crippen LogP contribution in [0.15, 0.2) is 47.9 Å². The molecule has 0 bridgehead atoms. The number of carboxylic acid groups (broad SMARTS) is 1. The van der Waals surface area contributed by atoms with Gasteiger partial charge in [0.2, 0.25) is 0 Å². The number of nitrogens with zero attached hydrogens (tertiary/aromatic N) is 1. The minimum Gasteiger partial charge on any atom is -0.493 e. The summed E-state index contributed by atoms with van der Waals surface area (Å²) in [6.07, 6.45) is 1.40. The molecule has 8 heteroatoms. The molecular weight excluding hydrogens is 358 g/mol. The van der Waals surface area contributed by atoms with Gasteiger partial charge in [-0.15, -0.1) is 0 Å². The van der Waals surface area contributed by atoms with Crippen LogP contribution in [0.3, 0.4) is 0 Å². The summed E-state index contributed by atoms with van der Waals surface area (Å²) in [7, 11) is 0.408. The highest BCUT2D eigenvalue weighted by Gasteiger charge is 2.20. The lowest BCUT2D eigenvalue weighted by Crippen LogP contribution is -2.26. The van der Waals surface area contributed by atoms with Gasteiger partial charge in [-0.2, -0.15) is 0 Å². The quantitative estimate of drug-likeness (QED) is 0.797. The maximum absolute atomic E-state index is 12.5. The van der Waals surface area contributed by atoms with Crippen LogP contribution >= 0.6 is 0 Å². The Bertz CT molecular complexity index is 936. The Labute approximate surface area is 152 Å². The van der Waals surface area contributed by atoms with Gasteiger partial charge in [-0.1, -0.05) is 18.2 Å². The van der Waals surface area contributed by atoms with Crippen molar-refractivity contribution in [1.82, 2.24) is 0 Å². The smallest absolute Gasteiger partial charge is 0.337 e. The first-order valence-electron chi connectivity index (χ1n) is 7.51. The normalized spacial score (nSPS) is 11.3. The van der Waals surface area contributed by atoms with E-state index in [-0.39, 0.29) is 11.3 Å². The SMILES string of the molecule is COc1ccc(/C=C/S(=O)(=O)N(C)c2ccccc2C(=O)O)cc1OC. The Balaban J connectivity index is 2.34. The van der Waals surface area contributed by atoms with Crippen molar-refractivity contribution in [2.45, 2.75) is 0 Å². The van der Waals surface area contributed by atoms with Crippen LogP contribution in [0.1, 0.15) is 15.9 Å². The minimum absolute atomic E-state index is 0.0805. The van der Waals surface area contributed by atoms with E-state index < -0.39 is 16.0 Å². The van der Waals surface area contributed by atoms with E-state index in [1.165, 1.54) is 45.5 Å². The van der Waals surface area contributed by atoms with Gasteiger partial charge in [0.25, 0.3) is 10.0 Å². The van der Waals surface area contributed by atoms with Crippen LogP contribution in [0.5, 0.6) is 11.5 Å². The third-order valence-corrected chi connectivity index (χ3v) is 5.14. The summed E-state index contributed by atoms with van der Waals surface area (Å²) >= 11 is 0. The monoisotopic (exact) mass is 377 g/mol. The van der Waals surface area contributed by atoms with Crippen LogP contribution < -0.4 is 13.8 Å². The van der Waals surface area contributed by atoms with Gasteiger partial charge in [0, 0.05) is 7.05 Å². The van der Waals surface area contributed by atoms with E-state index in [1.54, 1.807) is 24.3 Å². The highest BCUT2D eigenvalue weighted by Crippen LogP contribution is 2.28. The molecule has 0 aliphatic rings. The fraction of sp³-hybridized carbons (Fsp3) is 0.167. The summed E-state index contributed by atoms with van der Waals surface area (Å²) in [6, 6.07) is 10.9.